The average molecular weight is 363 g/mol. The molecule has 3 rings (SSSR count). The summed E-state index contributed by atoms with van der Waals surface area (Å²) in [5.41, 5.74) is 3.51. The number of aromatic nitrogens is 1. The third kappa shape index (κ3) is 4.55. The van der Waals surface area contributed by atoms with E-state index in [2.05, 4.69) is 15.6 Å². The number of nitrogens with one attached hydrogen (secondary N) is 2. The predicted octanol–water partition coefficient (Wildman–Crippen LogP) is 4.34. The van der Waals surface area contributed by atoms with Crippen LogP contribution in [-0.4, -0.2) is 16.8 Å². The van der Waals surface area contributed by atoms with Crippen LogP contribution in [0.3, 0.4) is 0 Å². The lowest BCUT2D eigenvalue weighted by Gasteiger charge is -2.10. The van der Waals surface area contributed by atoms with Gasteiger partial charge in [-0.05, 0) is 67.4 Å². The van der Waals surface area contributed by atoms with E-state index in [1.807, 2.05) is 32.0 Å². The number of halogens is 1. The van der Waals surface area contributed by atoms with E-state index in [1.54, 1.807) is 0 Å². The van der Waals surface area contributed by atoms with Crippen LogP contribution in [0.5, 0.6) is 0 Å². The fourth-order valence-electron chi connectivity index (χ4n) is 2.49. The van der Waals surface area contributed by atoms with Gasteiger partial charge in [-0.25, -0.2) is 4.39 Å². The molecule has 136 valence electrons. The Morgan fingerprint density at radius 2 is 1.63 bits per heavy atom. The van der Waals surface area contributed by atoms with Crippen molar-refractivity contribution in [2.24, 2.45) is 0 Å². The van der Waals surface area contributed by atoms with E-state index < -0.39 is 11.8 Å². The van der Waals surface area contributed by atoms with Crippen molar-refractivity contribution >= 4 is 23.2 Å². The molecule has 0 aliphatic rings. The number of benzene rings is 2. The number of pyridine rings is 1. The van der Waals surface area contributed by atoms with Crippen molar-refractivity contribution in [3.63, 3.8) is 0 Å². The van der Waals surface area contributed by atoms with Crippen LogP contribution in [0, 0.1) is 19.7 Å². The lowest BCUT2D eigenvalue weighted by Crippen LogP contribution is -2.17. The van der Waals surface area contributed by atoms with E-state index in [0.29, 0.717) is 11.4 Å². The summed E-state index contributed by atoms with van der Waals surface area (Å²) in [7, 11) is 0. The second kappa shape index (κ2) is 7.78. The highest BCUT2D eigenvalue weighted by molar-refractivity contribution is 6.08. The Labute approximate surface area is 156 Å². The van der Waals surface area contributed by atoms with Crippen LogP contribution < -0.4 is 10.6 Å². The van der Waals surface area contributed by atoms with Crippen molar-refractivity contribution in [1.29, 1.82) is 0 Å². The fraction of sp³-hybridized carbons (Fsp3) is 0.0952. The van der Waals surface area contributed by atoms with Crippen LogP contribution in [0.15, 0.2) is 60.8 Å². The van der Waals surface area contributed by atoms with Crippen LogP contribution >= 0.6 is 0 Å². The van der Waals surface area contributed by atoms with Crippen molar-refractivity contribution < 1.29 is 14.0 Å². The average Bonchev–Trinajstić information content (AvgIpc) is 2.66. The first-order valence-electron chi connectivity index (χ1n) is 8.34. The number of rotatable bonds is 4. The lowest BCUT2D eigenvalue weighted by atomic mass is 10.1. The highest BCUT2D eigenvalue weighted by Crippen LogP contribution is 2.17. The maximum absolute atomic E-state index is 13.0. The molecule has 1 aromatic heterocycles. The molecule has 3 aromatic rings. The zero-order valence-corrected chi connectivity index (χ0v) is 14.9. The summed E-state index contributed by atoms with van der Waals surface area (Å²) in [6.07, 6.45) is 1.40. The molecule has 0 aliphatic heterocycles. The first-order valence-corrected chi connectivity index (χ1v) is 8.34. The predicted molar refractivity (Wildman–Crippen MR) is 102 cm³/mol. The molecule has 2 aromatic carbocycles. The first-order chi connectivity index (χ1) is 12.9. The van der Waals surface area contributed by atoms with Gasteiger partial charge in [-0.1, -0.05) is 12.1 Å². The Bertz CT molecular complexity index is 1000. The molecule has 0 spiro atoms. The summed E-state index contributed by atoms with van der Waals surface area (Å²) in [4.78, 5) is 28.9. The highest BCUT2D eigenvalue weighted by Gasteiger charge is 2.13. The third-order valence-electron chi connectivity index (χ3n) is 4.00. The molecule has 0 saturated heterocycles. The van der Waals surface area contributed by atoms with Gasteiger partial charge in [0.25, 0.3) is 11.8 Å². The van der Waals surface area contributed by atoms with E-state index >= 15 is 0 Å². The molecular formula is C21H18FN3O2. The molecule has 2 N–H and O–H groups in total. The van der Waals surface area contributed by atoms with Gasteiger partial charge >= 0.3 is 0 Å². The van der Waals surface area contributed by atoms with Crippen molar-refractivity contribution in [2.45, 2.75) is 13.8 Å². The van der Waals surface area contributed by atoms with Crippen LogP contribution in [0.4, 0.5) is 15.8 Å². The van der Waals surface area contributed by atoms with E-state index in [9.17, 15) is 14.0 Å². The Morgan fingerprint density at radius 1 is 0.889 bits per heavy atom. The second-order valence-corrected chi connectivity index (χ2v) is 6.16. The minimum Gasteiger partial charge on any atom is -0.322 e. The third-order valence-corrected chi connectivity index (χ3v) is 4.00. The number of hydrogen-bond acceptors (Lipinski definition) is 3. The van der Waals surface area contributed by atoms with E-state index in [0.717, 1.165) is 11.1 Å². The van der Waals surface area contributed by atoms with Crippen LogP contribution in [0.1, 0.15) is 32.0 Å². The quantitative estimate of drug-likeness (QED) is 0.724. The lowest BCUT2D eigenvalue weighted by molar-refractivity contribution is 0.102. The maximum atomic E-state index is 13.0. The molecule has 27 heavy (non-hydrogen) atoms. The largest absolute Gasteiger partial charge is 0.322 e. The number of nitrogens with zero attached hydrogens (tertiary/aromatic N) is 1. The minimum atomic E-state index is -0.412. The first kappa shape index (κ1) is 18.3. The molecule has 0 atom stereocenters. The smallest absolute Gasteiger partial charge is 0.274 e. The summed E-state index contributed by atoms with van der Waals surface area (Å²) < 4.78 is 13.0. The van der Waals surface area contributed by atoms with Gasteiger partial charge in [0.1, 0.15) is 11.5 Å². The number of carbonyl (C=O) groups excluding carboxylic acids is 2. The Balaban J connectivity index is 1.76. The second-order valence-electron chi connectivity index (χ2n) is 6.16. The normalized spacial score (nSPS) is 10.3. The maximum Gasteiger partial charge on any atom is 0.274 e. The van der Waals surface area contributed by atoms with E-state index in [1.165, 1.54) is 42.6 Å². The van der Waals surface area contributed by atoms with E-state index in [-0.39, 0.29) is 17.1 Å². The monoisotopic (exact) mass is 363 g/mol. The molecule has 5 nitrogen and oxygen atoms in total. The van der Waals surface area contributed by atoms with E-state index in [4.69, 9.17) is 0 Å². The van der Waals surface area contributed by atoms with Gasteiger partial charge in [0, 0.05) is 23.1 Å². The Hall–Kier alpha value is -3.54. The van der Waals surface area contributed by atoms with Crippen molar-refractivity contribution in [3.8, 4) is 0 Å². The van der Waals surface area contributed by atoms with Gasteiger partial charge in [0.05, 0.1) is 0 Å². The summed E-state index contributed by atoms with van der Waals surface area (Å²) in [5.74, 6) is -1.20. The number of carbonyl (C=O) groups is 2. The molecule has 1 heterocycles. The van der Waals surface area contributed by atoms with Crippen molar-refractivity contribution in [2.75, 3.05) is 10.6 Å². The molecule has 0 unspecified atom stereocenters. The number of aryl methyl sites for hydroxylation is 2. The summed E-state index contributed by atoms with van der Waals surface area (Å²) in [5, 5.41) is 5.47. The molecule has 0 aliphatic carbocycles. The Morgan fingerprint density at radius 3 is 2.37 bits per heavy atom. The van der Waals surface area contributed by atoms with Crippen LogP contribution in [-0.2, 0) is 0 Å². The molecule has 6 heteroatoms. The van der Waals surface area contributed by atoms with Gasteiger partial charge in [-0.2, -0.15) is 0 Å². The molecule has 2 amide bonds. The SMILES string of the molecule is Cc1ccc(C)c(NC(=O)c2cc(C(=O)Nc3ccc(F)cc3)ccn2)c1. The number of hydrogen-bond donors (Lipinski definition) is 2. The van der Waals surface area contributed by atoms with Gasteiger partial charge in [-0.3, -0.25) is 14.6 Å². The molecule has 0 fully saturated rings. The van der Waals surface area contributed by atoms with Gasteiger partial charge in [0.15, 0.2) is 0 Å². The molecular weight excluding hydrogens is 345 g/mol. The minimum absolute atomic E-state index is 0.127. The number of anilines is 2. The topological polar surface area (TPSA) is 71.1 Å². The fourth-order valence-corrected chi connectivity index (χ4v) is 2.49. The van der Waals surface area contributed by atoms with Crippen LogP contribution in [0.25, 0.3) is 0 Å². The zero-order chi connectivity index (χ0) is 19.4. The molecule has 0 saturated carbocycles. The molecule has 0 radical (unpaired) electrons. The van der Waals surface area contributed by atoms with Crippen LogP contribution in [0.2, 0.25) is 0 Å². The van der Waals surface area contributed by atoms with Crippen molar-refractivity contribution in [3.05, 3.63) is 89.0 Å². The van der Waals surface area contributed by atoms with Gasteiger partial charge < -0.3 is 10.6 Å². The summed E-state index contributed by atoms with van der Waals surface area (Å²) in [6, 6.07) is 14.1. The van der Waals surface area contributed by atoms with Gasteiger partial charge in [-0.15, -0.1) is 0 Å². The Kier molecular flexibility index (Phi) is 5.26. The highest BCUT2D eigenvalue weighted by atomic mass is 19.1. The van der Waals surface area contributed by atoms with Gasteiger partial charge in [0.2, 0.25) is 0 Å². The van der Waals surface area contributed by atoms with Crippen molar-refractivity contribution in [1.82, 2.24) is 4.98 Å². The zero-order valence-electron chi connectivity index (χ0n) is 14.9. The molecule has 0 bridgehead atoms. The summed E-state index contributed by atoms with van der Waals surface area (Å²) in [6.45, 7) is 3.84. The summed E-state index contributed by atoms with van der Waals surface area (Å²) >= 11 is 0. The standard InChI is InChI=1S/C21H18FN3O2/c1-13-3-4-14(2)18(11-13)25-21(27)19-12-15(9-10-23-19)20(26)24-17-7-5-16(22)6-8-17/h3-12H,1-2H3,(H,24,26)(H,25,27). The number of amides is 2.